The van der Waals surface area contributed by atoms with E-state index >= 15 is 0 Å². The minimum Gasteiger partial charge on any atom is -0.368 e. The number of aryl methyl sites for hydroxylation is 1. The van der Waals surface area contributed by atoms with E-state index in [-0.39, 0.29) is 12.2 Å². The fourth-order valence-corrected chi connectivity index (χ4v) is 1.65. The molecule has 1 rings (SSSR count). The average molecular weight is 295 g/mol. The number of benzene rings is 1. The summed E-state index contributed by atoms with van der Waals surface area (Å²) in [5.41, 5.74) is 6.29. The number of carbonyl (C=O) groups excluding carboxylic acids is 1. The second-order valence-corrected chi connectivity index (χ2v) is 4.65. The van der Waals surface area contributed by atoms with Crippen molar-refractivity contribution in [2.45, 2.75) is 18.7 Å². The fraction of sp³-hybridized carbons (Fsp3) is 0.300. The van der Waals surface area contributed by atoms with E-state index in [2.05, 4.69) is 15.9 Å². The van der Waals surface area contributed by atoms with Crippen LogP contribution < -0.4 is 5.73 Å². The Bertz CT molecular complexity index is 397. The third-order valence-electron chi connectivity index (χ3n) is 2.04. The summed E-state index contributed by atoms with van der Waals surface area (Å²) in [5.74, 6) is -1.03. The molecular weight excluding hydrogens is 284 g/mol. The number of carbonyl (C=O) groups is 1. The molecule has 1 unspecified atom stereocenters. The van der Waals surface area contributed by atoms with Crippen LogP contribution in [0.4, 0.5) is 4.39 Å². The van der Waals surface area contributed by atoms with Crippen molar-refractivity contribution in [2.75, 3.05) is 0 Å². The van der Waals surface area contributed by atoms with Crippen molar-refractivity contribution in [1.82, 2.24) is 0 Å². The Morgan fingerprint density at radius 1 is 1.67 bits per heavy atom. The lowest BCUT2D eigenvalue weighted by molar-refractivity contribution is -0.117. The van der Waals surface area contributed by atoms with Crippen molar-refractivity contribution < 1.29 is 9.18 Å². The van der Waals surface area contributed by atoms with Gasteiger partial charge in [0.15, 0.2) is 0 Å². The van der Waals surface area contributed by atoms with E-state index in [1.165, 1.54) is 6.07 Å². The summed E-state index contributed by atoms with van der Waals surface area (Å²) in [6.07, 6.45) is 0.108. The third-order valence-corrected chi connectivity index (χ3v) is 3.26. The van der Waals surface area contributed by atoms with Crippen molar-refractivity contribution in [2.24, 2.45) is 5.73 Å². The normalized spacial score (nSPS) is 12.5. The minimum atomic E-state index is -0.875. The SMILES string of the molecule is Cc1cc(CC(Cl)C(N)=O)c(F)cc1Br. The molecule has 0 aromatic heterocycles. The predicted octanol–water partition coefficient (Wildman–Crippen LogP) is 2.53. The highest BCUT2D eigenvalue weighted by atomic mass is 79.9. The summed E-state index contributed by atoms with van der Waals surface area (Å²) in [4.78, 5) is 10.7. The lowest BCUT2D eigenvalue weighted by Crippen LogP contribution is -2.25. The first-order valence-electron chi connectivity index (χ1n) is 4.29. The Hall–Kier alpha value is -0.610. The number of amides is 1. The van der Waals surface area contributed by atoms with Gasteiger partial charge in [-0.2, -0.15) is 0 Å². The van der Waals surface area contributed by atoms with E-state index in [0.717, 1.165) is 5.56 Å². The molecule has 0 saturated heterocycles. The highest BCUT2D eigenvalue weighted by Gasteiger charge is 2.15. The Kier molecular flexibility index (Phi) is 4.11. The van der Waals surface area contributed by atoms with Crippen LogP contribution in [0.5, 0.6) is 0 Å². The Balaban J connectivity index is 2.95. The summed E-state index contributed by atoms with van der Waals surface area (Å²) in [6.45, 7) is 1.83. The Morgan fingerprint density at radius 3 is 2.80 bits per heavy atom. The maximum absolute atomic E-state index is 13.4. The van der Waals surface area contributed by atoms with E-state index in [9.17, 15) is 9.18 Å². The second kappa shape index (κ2) is 4.94. The molecule has 1 amide bonds. The monoisotopic (exact) mass is 293 g/mol. The van der Waals surface area contributed by atoms with E-state index < -0.39 is 11.3 Å². The van der Waals surface area contributed by atoms with Gasteiger partial charge in [-0.05, 0) is 24.1 Å². The number of alkyl halides is 1. The molecule has 0 fully saturated rings. The van der Waals surface area contributed by atoms with Crippen LogP contribution in [0.3, 0.4) is 0 Å². The molecule has 0 aliphatic heterocycles. The third kappa shape index (κ3) is 3.18. The largest absolute Gasteiger partial charge is 0.368 e. The van der Waals surface area contributed by atoms with E-state index in [4.69, 9.17) is 17.3 Å². The van der Waals surface area contributed by atoms with Crippen LogP contribution in [0.2, 0.25) is 0 Å². The van der Waals surface area contributed by atoms with Crippen LogP contribution in [0.1, 0.15) is 11.1 Å². The van der Waals surface area contributed by atoms with Crippen molar-refractivity contribution in [3.63, 3.8) is 0 Å². The number of rotatable bonds is 3. The molecule has 5 heteroatoms. The Labute approximate surface area is 101 Å². The van der Waals surface area contributed by atoms with Crippen LogP contribution >= 0.6 is 27.5 Å². The van der Waals surface area contributed by atoms with Crippen LogP contribution in [-0.4, -0.2) is 11.3 Å². The van der Waals surface area contributed by atoms with Crippen molar-refractivity contribution >= 4 is 33.4 Å². The summed E-state index contributed by atoms with van der Waals surface area (Å²) >= 11 is 8.87. The van der Waals surface area contributed by atoms with Gasteiger partial charge in [-0.15, -0.1) is 11.6 Å². The van der Waals surface area contributed by atoms with Crippen LogP contribution in [0, 0.1) is 12.7 Å². The minimum absolute atomic E-state index is 0.108. The molecule has 1 atom stereocenters. The Morgan fingerprint density at radius 2 is 2.27 bits per heavy atom. The number of primary amides is 1. The maximum atomic E-state index is 13.4. The number of hydrogen-bond donors (Lipinski definition) is 1. The molecule has 1 aromatic rings. The summed E-state index contributed by atoms with van der Waals surface area (Å²) in [5, 5.41) is -0.875. The van der Waals surface area contributed by atoms with Gasteiger partial charge in [-0.3, -0.25) is 4.79 Å². The number of halogens is 3. The van der Waals surface area contributed by atoms with E-state index in [1.54, 1.807) is 6.07 Å². The summed E-state index contributed by atoms with van der Waals surface area (Å²) < 4.78 is 14.1. The maximum Gasteiger partial charge on any atom is 0.235 e. The molecule has 2 nitrogen and oxygen atoms in total. The molecule has 0 bridgehead atoms. The van der Waals surface area contributed by atoms with Gasteiger partial charge in [0.25, 0.3) is 0 Å². The summed E-state index contributed by atoms with van der Waals surface area (Å²) in [6, 6.07) is 3.01. The zero-order valence-corrected chi connectivity index (χ0v) is 10.4. The van der Waals surface area contributed by atoms with E-state index in [1.807, 2.05) is 6.92 Å². The molecule has 0 saturated carbocycles. The van der Waals surface area contributed by atoms with Gasteiger partial charge in [0, 0.05) is 10.9 Å². The van der Waals surface area contributed by atoms with Gasteiger partial charge in [-0.25, -0.2) is 4.39 Å². The number of hydrogen-bond acceptors (Lipinski definition) is 1. The topological polar surface area (TPSA) is 43.1 Å². The lowest BCUT2D eigenvalue weighted by atomic mass is 10.1. The van der Waals surface area contributed by atoms with Crippen LogP contribution in [-0.2, 0) is 11.2 Å². The van der Waals surface area contributed by atoms with Gasteiger partial charge in [0.1, 0.15) is 11.2 Å². The predicted molar refractivity (Wildman–Crippen MR) is 61.4 cm³/mol. The van der Waals surface area contributed by atoms with E-state index in [0.29, 0.717) is 10.0 Å². The first-order chi connectivity index (χ1) is 6.91. The van der Waals surface area contributed by atoms with Gasteiger partial charge in [0.05, 0.1) is 0 Å². The zero-order valence-electron chi connectivity index (χ0n) is 8.06. The molecular formula is C10H10BrClFNO. The van der Waals surface area contributed by atoms with Gasteiger partial charge in [0.2, 0.25) is 5.91 Å². The average Bonchev–Trinajstić information content (AvgIpc) is 2.13. The molecule has 0 radical (unpaired) electrons. The van der Waals surface area contributed by atoms with Gasteiger partial charge in [-0.1, -0.05) is 22.0 Å². The molecule has 0 heterocycles. The van der Waals surface area contributed by atoms with Gasteiger partial charge < -0.3 is 5.73 Å². The van der Waals surface area contributed by atoms with Crippen LogP contribution in [0.15, 0.2) is 16.6 Å². The molecule has 1 aromatic carbocycles. The first kappa shape index (κ1) is 12.5. The molecule has 82 valence electrons. The molecule has 0 spiro atoms. The number of nitrogens with two attached hydrogens (primary N) is 1. The van der Waals surface area contributed by atoms with Crippen molar-refractivity contribution in [1.29, 1.82) is 0 Å². The summed E-state index contributed by atoms with van der Waals surface area (Å²) in [7, 11) is 0. The van der Waals surface area contributed by atoms with Crippen molar-refractivity contribution in [3.8, 4) is 0 Å². The molecule has 0 aliphatic carbocycles. The van der Waals surface area contributed by atoms with Crippen LogP contribution in [0.25, 0.3) is 0 Å². The zero-order chi connectivity index (χ0) is 11.6. The standard InChI is InChI=1S/C10H10BrClFNO/c1-5-2-6(3-8(12)10(14)15)9(13)4-7(5)11/h2,4,8H,3H2,1H3,(H2,14,15). The smallest absolute Gasteiger partial charge is 0.235 e. The van der Waals surface area contributed by atoms with Gasteiger partial charge >= 0.3 is 0 Å². The second-order valence-electron chi connectivity index (χ2n) is 3.27. The molecule has 2 N–H and O–H groups in total. The fourth-order valence-electron chi connectivity index (χ4n) is 1.17. The highest BCUT2D eigenvalue weighted by Crippen LogP contribution is 2.22. The molecule has 15 heavy (non-hydrogen) atoms. The molecule has 0 aliphatic rings. The lowest BCUT2D eigenvalue weighted by Gasteiger charge is -2.08. The first-order valence-corrected chi connectivity index (χ1v) is 5.52. The van der Waals surface area contributed by atoms with Crippen molar-refractivity contribution in [3.05, 3.63) is 33.5 Å². The quantitative estimate of drug-likeness (QED) is 0.855. The highest BCUT2D eigenvalue weighted by molar-refractivity contribution is 9.10.